The Balaban J connectivity index is 1.22. The fourth-order valence-corrected chi connectivity index (χ4v) is 9.16. The number of carbonyl (C=O) groups is 4. The zero-order valence-corrected chi connectivity index (χ0v) is 36.6. The number of nitrogens with one attached hydrogen (secondary N) is 2. The molecule has 3 saturated heterocycles. The minimum atomic E-state index is -1.34. The zero-order chi connectivity index (χ0) is 41.7. The molecule has 2 bridgehead atoms. The first-order valence-corrected chi connectivity index (χ1v) is 22.0. The Hall–Kier alpha value is -3.15. The van der Waals surface area contributed by atoms with Crippen molar-refractivity contribution in [2.75, 3.05) is 6.61 Å². The van der Waals surface area contributed by atoms with Crippen LogP contribution in [0.2, 0.25) is 0 Å². The second-order valence-corrected chi connectivity index (χ2v) is 18.4. The molecule has 4 aliphatic rings. The molecule has 0 radical (unpaired) electrons. The lowest BCUT2D eigenvalue weighted by Gasteiger charge is -2.48. The molecule has 2 amide bonds. The highest BCUT2D eigenvalue weighted by atomic mass is 127. The van der Waals surface area contributed by atoms with Crippen LogP contribution in [0.25, 0.3) is 0 Å². The number of hydrogen-bond acceptors (Lipinski definition) is 11. The van der Waals surface area contributed by atoms with Crippen molar-refractivity contribution in [3.8, 4) is 0 Å². The number of carbonyl (C=O) groups excluding carboxylic acids is 4. The van der Waals surface area contributed by atoms with Gasteiger partial charge in [-0.05, 0) is 98.0 Å². The van der Waals surface area contributed by atoms with Crippen molar-refractivity contribution in [1.82, 2.24) is 15.7 Å². The summed E-state index contributed by atoms with van der Waals surface area (Å²) >= 11 is 2.25. The average molecular weight is 918 g/mol. The van der Waals surface area contributed by atoms with Gasteiger partial charge < -0.3 is 34.7 Å². The molecule has 0 unspecified atom stereocenters. The van der Waals surface area contributed by atoms with Gasteiger partial charge >= 0.3 is 11.9 Å². The normalized spacial score (nSPS) is 26.4. The number of hydroxylamine groups is 2. The van der Waals surface area contributed by atoms with Crippen LogP contribution >= 0.6 is 22.6 Å². The third-order valence-electron chi connectivity index (χ3n) is 11.6. The van der Waals surface area contributed by atoms with Gasteiger partial charge in [0.25, 0.3) is 5.91 Å². The van der Waals surface area contributed by atoms with Crippen molar-refractivity contribution in [1.29, 1.82) is 0 Å². The van der Waals surface area contributed by atoms with E-state index in [1.165, 1.54) is 0 Å². The minimum Gasteiger partial charge on any atom is -0.460 e. The molecule has 4 fully saturated rings. The topological polar surface area (TPSA) is 162 Å². The lowest BCUT2D eigenvalue weighted by atomic mass is 9.62. The first kappa shape index (κ1) is 44.4. The SMILES string of the molecule is CCCCCC1(CCCCC)O[C@@H]2[C@H](O1)[C@H]1ON(Cc3ccc(I)cc3)[C@@H]3C(=O)O[C@@H]2C[C@]13C(=O)NCc1cccc(C(=O)N[C@H](CO)CCC(=O)OC(C)(C)C)c1. The second-order valence-electron chi connectivity index (χ2n) is 17.2. The molecule has 3 aliphatic heterocycles. The molecule has 6 rings (SSSR count). The highest BCUT2D eigenvalue weighted by Gasteiger charge is 2.76. The van der Waals surface area contributed by atoms with Gasteiger partial charge in [0.05, 0.1) is 19.2 Å². The summed E-state index contributed by atoms with van der Waals surface area (Å²) in [5, 5.41) is 17.5. The Kier molecular flexibility index (Phi) is 14.6. The number of hydrogen-bond donors (Lipinski definition) is 3. The van der Waals surface area contributed by atoms with Crippen molar-refractivity contribution in [2.45, 2.75) is 166 Å². The summed E-state index contributed by atoms with van der Waals surface area (Å²) in [4.78, 5) is 61.3. The van der Waals surface area contributed by atoms with E-state index in [2.05, 4.69) is 47.1 Å². The summed E-state index contributed by atoms with van der Waals surface area (Å²) in [6, 6.07) is 13.1. The second kappa shape index (κ2) is 19.1. The van der Waals surface area contributed by atoms with Crippen molar-refractivity contribution in [3.63, 3.8) is 0 Å². The van der Waals surface area contributed by atoms with E-state index >= 15 is 0 Å². The molecule has 0 spiro atoms. The number of benzene rings is 2. The molecule has 318 valence electrons. The number of rotatable bonds is 19. The number of amides is 2. The maximum absolute atomic E-state index is 14.9. The van der Waals surface area contributed by atoms with E-state index in [0.717, 1.165) is 47.7 Å². The van der Waals surface area contributed by atoms with Gasteiger partial charge in [-0.3, -0.25) is 24.0 Å². The van der Waals surface area contributed by atoms with Gasteiger partial charge in [0.1, 0.15) is 35.4 Å². The van der Waals surface area contributed by atoms with E-state index in [1.807, 2.05) is 24.3 Å². The van der Waals surface area contributed by atoms with Gasteiger partial charge in [-0.25, -0.2) is 0 Å². The Bertz CT molecular complexity index is 1760. The molecule has 2 aromatic rings. The molecular formula is C44H60IN3O10. The summed E-state index contributed by atoms with van der Waals surface area (Å²) in [5.74, 6) is -2.59. The van der Waals surface area contributed by atoms with Crippen LogP contribution in [0.1, 0.15) is 127 Å². The summed E-state index contributed by atoms with van der Waals surface area (Å²) in [6.45, 7) is 9.64. The molecule has 0 aromatic heterocycles. The van der Waals surface area contributed by atoms with Gasteiger partial charge in [-0.15, -0.1) is 0 Å². The monoisotopic (exact) mass is 917 g/mol. The number of ether oxygens (including phenoxy) is 4. The van der Waals surface area contributed by atoms with E-state index < -0.39 is 71.1 Å². The predicted octanol–water partition coefficient (Wildman–Crippen LogP) is 6.26. The van der Waals surface area contributed by atoms with Crippen molar-refractivity contribution >= 4 is 46.3 Å². The zero-order valence-electron chi connectivity index (χ0n) is 34.4. The van der Waals surface area contributed by atoms with Crippen molar-refractivity contribution in [2.24, 2.45) is 5.41 Å². The van der Waals surface area contributed by atoms with Gasteiger partial charge in [-0.1, -0.05) is 63.8 Å². The summed E-state index contributed by atoms with van der Waals surface area (Å²) < 4.78 is 26.5. The quantitative estimate of drug-likeness (QED) is 0.0829. The highest BCUT2D eigenvalue weighted by molar-refractivity contribution is 14.1. The maximum atomic E-state index is 14.9. The predicted molar refractivity (Wildman–Crippen MR) is 223 cm³/mol. The largest absolute Gasteiger partial charge is 0.460 e. The summed E-state index contributed by atoms with van der Waals surface area (Å²) in [7, 11) is 0. The van der Waals surface area contributed by atoms with E-state index in [1.54, 1.807) is 50.1 Å². The Labute approximate surface area is 355 Å². The molecular weight excluding hydrogens is 857 g/mol. The van der Waals surface area contributed by atoms with Crippen LogP contribution in [0.4, 0.5) is 0 Å². The molecule has 58 heavy (non-hydrogen) atoms. The van der Waals surface area contributed by atoms with Crippen LogP contribution in [0.3, 0.4) is 0 Å². The lowest BCUT2D eigenvalue weighted by Crippen LogP contribution is -2.69. The van der Waals surface area contributed by atoms with Gasteiger partial charge in [0, 0.05) is 41.4 Å². The third kappa shape index (κ3) is 10.1. The number of nitrogens with zero attached hydrogens (tertiary/aromatic N) is 1. The minimum absolute atomic E-state index is 0.0380. The molecule has 14 heteroatoms. The Morgan fingerprint density at radius 1 is 0.983 bits per heavy atom. The Morgan fingerprint density at radius 2 is 1.67 bits per heavy atom. The number of unbranched alkanes of at least 4 members (excludes halogenated alkanes) is 4. The van der Waals surface area contributed by atoms with Gasteiger partial charge in [0.15, 0.2) is 11.8 Å². The molecule has 1 saturated carbocycles. The lowest BCUT2D eigenvalue weighted by molar-refractivity contribution is -0.224. The average Bonchev–Trinajstić information content (AvgIpc) is 3.74. The van der Waals surface area contributed by atoms with Crippen LogP contribution in [-0.2, 0) is 51.3 Å². The first-order chi connectivity index (χ1) is 27.7. The number of aliphatic hydroxyl groups is 1. The Morgan fingerprint density at radius 3 is 2.33 bits per heavy atom. The standard InChI is InChI=1S/C44H60IN3O10/c1-6-8-10-21-43(22-11-9-7-2)56-35-33-24-44(37(40(52)54-33)48(58-38(44)36(35)57-43)26-28-15-17-31(45)18-16-28)41(53)46-25-29-13-12-14-30(23-29)39(51)47-32(27-49)19-20-34(50)55-42(3,4)5/h12-18,23,32-33,35-38,49H,6-11,19-22,24-27H2,1-5H3,(H,46,53)(H,47,51)/t32-,33+,35-,36-,37+,38+,44+/m0/s1. The van der Waals surface area contributed by atoms with Crippen LogP contribution in [-0.4, -0.2) is 88.4 Å². The van der Waals surface area contributed by atoms with E-state index in [9.17, 15) is 24.3 Å². The van der Waals surface area contributed by atoms with Crippen LogP contribution in [0, 0.1) is 8.99 Å². The van der Waals surface area contributed by atoms with Gasteiger partial charge in [0.2, 0.25) is 5.91 Å². The van der Waals surface area contributed by atoms with Crippen LogP contribution in [0.5, 0.6) is 0 Å². The number of halogens is 1. The highest BCUT2D eigenvalue weighted by Crippen LogP contribution is 2.58. The summed E-state index contributed by atoms with van der Waals surface area (Å²) in [6.07, 6.45) is 5.14. The number of fused-ring (bicyclic) bond motifs is 4. The molecule has 13 nitrogen and oxygen atoms in total. The fourth-order valence-electron chi connectivity index (χ4n) is 8.80. The van der Waals surface area contributed by atoms with E-state index in [0.29, 0.717) is 24.0 Å². The smallest absolute Gasteiger partial charge is 0.327 e. The van der Waals surface area contributed by atoms with Crippen LogP contribution in [0.15, 0.2) is 48.5 Å². The van der Waals surface area contributed by atoms with Crippen molar-refractivity contribution < 1.29 is 48.1 Å². The fraction of sp³-hybridized carbons (Fsp3) is 0.636. The van der Waals surface area contributed by atoms with Gasteiger partial charge in [-0.2, -0.15) is 5.06 Å². The van der Waals surface area contributed by atoms with Crippen LogP contribution < -0.4 is 10.6 Å². The number of aliphatic hydroxyl groups excluding tert-OH is 1. The van der Waals surface area contributed by atoms with Crippen molar-refractivity contribution in [3.05, 3.63) is 68.8 Å². The maximum Gasteiger partial charge on any atom is 0.327 e. The summed E-state index contributed by atoms with van der Waals surface area (Å²) in [5.41, 5.74) is -0.0692. The molecule has 2 aromatic carbocycles. The molecule has 3 heterocycles. The van der Waals surface area contributed by atoms with E-state index in [-0.39, 0.29) is 44.9 Å². The third-order valence-corrected chi connectivity index (χ3v) is 12.3. The molecule has 7 atom stereocenters. The van der Waals surface area contributed by atoms with E-state index in [4.69, 9.17) is 23.8 Å². The first-order valence-electron chi connectivity index (χ1n) is 21.0. The molecule has 1 aliphatic carbocycles. The number of esters is 2. The molecule has 3 N–H and O–H groups in total.